The van der Waals surface area contributed by atoms with Crippen molar-refractivity contribution >= 4 is 17.6 Å². The van der Waals surface area contributed by atoms with Crippen LogP contribution in [0.15, 0.2) is 36.4 Å². The van der Waals surface area contributed by atoms with E-state index < -0.39 is 30.0 Å². The van der Waals surface area contributed by atoms with Crippen LogP contribution in [0.3, 0.4) is 0 Å². The third-order valence-corrected chi connectivity index (χ3v) is 4.33. The lowest BCUT2D eigenvalue weighted by molar-refractivity contribution is -0.145. The molecule has 5 nitrogen and oxygen atoms in total. The van der Waals surface area contributed by atoms with Crippen molar-refractivity contribution in [3.63, 3.8) is 0 Å². The van der Waals surface area contributed by atoms with Crippen LogP contribution < -0.4 is 5.32 Å². The van der Waals surface area contributed by atoms with Gasteiger partial charge in [-0.05, 0) is 17.5 Å². The molecule has 0 radical (unpaired) electrons. The zero-order chi connectivity index (χ0) is 15.9. The van der Waals surface area contributed by atoms with Gasteiger partial charge in [0.15, 0.2) is 0 Å². The second-order valence-electron chi connectivity index (χ2n) is 6.07. The van der Waals surface area contributed by atoms with Gasteiger partial charge in [-0.25, -0.2) is 0 Å². The van der Waals surface area contributed by atoms with Crippen LogP contribution in [0.2, 0.25) is 0 Å². The molecule has 2 heterocycles. The minimum Gasteiger partial charge on any atom is -0.481 e. The SMILES string of the molecule is CC(C)c1ccccc1NC(=O)[C@@H]1[C@H](C(=O)O)[C@H]2C=C[C@H]1O2. The first-order valence-corrected chi connectivity index (χ1v) is 7.45. The highest BCUT2D eigenvalue weighted by molar-refractivity contribution is 5.97. The minimum absolute atomic E-state index is 0.267. The van der Waals surface area contributed by atoms with Gasteiger partial charge in [0.05, 0.1) is 18.1 Å². The number of aliphatic carboxylic acids is 1. The Morgan fingerprint density at radius 2 is 1.77 bits per heavy atom. The minimum atomic E-state index is -0.992. The molecule has 2 bridgehead atoms. The summed E-state index contributed by atoms with van der Waals surface area (Å²) in [5, 5.41) is 12.3. The molecule has 0 aliphatic carbocycles. The molecular formula is C17H19NO4. The van der Waals surface area contributed by atoms with Gasteiger partial charge in [0.1, 0.15) is 5.92 Å². The molecule has 5 heteroatoms. The van der Waals surface area contributed by atoms with Crippen molar-refractivity contribution in [3.05, 3.63) is 42.0 Å². The number of rotatable bonds is 4. The van der Waals surface area contributed by atoms with E-state index in [0.717, 1.165) is 11.3 Å². The van der Waals surface area contributed by atoms with Gasteiger partial charge in [0.25, 0.3) is 0 Å². The Labute approximate surface area is 129 Å². The second-order valence-corrected chi connectivity index (χ2v) is 6.07. The van der Waals surface area contributed by atoms with Crippen molar-refractivity contribution in [2.75, 3.05) is 5.32 Å². The van der Waals surface area contributed by atoms with E-state index in [1.807, 2.05) is 24.3 Å². The van der Waals surface area contributed by atoms with Crippen LogP contribution in [-0.2, 0) is 14.3 Å². The summed E-state index contributed by atoms with van der Waals surface area (Å²) in [6, 6.07) is 7.58. The van der Waals surface area contributed by atoms with Gasteiger partial charge in [-0.15, -0.1) is 0 Å². The molecule has 22 heavy (non-hydrogen) atoms. The van der Waals surface area contributed by atoms with Gasteiger partial charge in [-0.2, -0.15) is 0 Å². The van der Waals surface area contributed by atoms with Gasteiger partial charge in [0.2, 0.25) is 5.91 Å². The molecule has 1 saturated heterocycles. The van der Waals surface area contributed by atoms with Crippen LogP contribution in [-0.4, -0.2) is 29.2 Å². The van der Waals surface area contributed by atoms with Gasteiger partial charge in [-0.3, -0.25) is 9.59 Å². The maximum atomic E-state index is 12.6. The van der Waals surface area contributed by atoms with Gasteiger partial charge in [0, 0.05) is 5.69 Å². The maximum absolute atomic E-state index is 12.6. The van der Waals surface area contributed by atoms with E-state index >= 15 is 0 Å². The van der Waals surface area contributed by atoms with E-state index in [1.54, 1.807) is 12.2 Å². The topological polar surface area (TPSA) is 75.6 Å². The highest BCUT2D eigenvalue weighted by atomic mass is 16.5. The maximum Gasteiger partial charge on any atom is 0.310 e. The van der Waals surface area contributed by atoms with Crippen LogP contribution in [0.5, 0.6) is 0 Å². The number of carbonyl (C=O) groups excluding carboxylic acids is 1. The number of hydrogen-bond acceptors (Lipinski definition) is 3. The van der Waals surface area contributed by atoms with E-state index in [2.05, 4.69) is 19.2 Å². The average molecular weight is 301 g/mol. The lowest BCUT2D eigenvalue weighted by atomic mass is 9.82. The first-order valence-electron chi connectivity index (χ1n) is 7.45. The fourth-order valence-corrected chi connectivity index (χ4v) is 3.25. The lowest BCUT2D eigenvalue weighted by Crippen LogP contribution is -2.39. The number of carbonyl (C=O) groups is 2. The number of ether oxygens (including phenoxy) is 1. The molecule has 3 rings (SSSR count). The number of benzene rings is 1. The molecule has 0 spiro atoms. The number of anilines is 1. The molecule has 1 aromatic carbocycles. The molecule has 1 amide bonds. The van der Waals surface area contributed by atoms with E-state index in [4.69, 9.17) is 4.74 Å². The number of hydrogen-bond donors (Lipinski definition) is 2. The Hall–Kier alpha value is -2.14. The first kappa shape index (κ1) is 14.8. The Kier molecular flexibility index (Phi) is 3.74. The molecule has 1 fully saturated rings. The molecule has 116 valence electrons. The fourth-order valence-electron chi connectivity index (χ4n) is 3.25. The number of carboxylic acid groups (broad SMARTS) is 1. The van der Waals surface area contributed by atoms with E-state index in [-0.39, 0.29) is 11.8 Å². The lowest BCUT2D eigenvalue weighted by Gasteiger charge is -2.22. The summed E-state index contributed by atoms with van der Waals surface area (Å²) < 4.78 is 5.54. The van der Waals surface area contributed by atoms with Crippen molar-refractivity contribution in [1.29, 1.82) is 0 Å². The third kappa shape index (κ3) is 2.41. The molecule has 0 unspecified atom stereocenters. The number of para-hydroxylation sites is 1. The summed E-state index contributed by atoms with van der Waals surface area (Å²) in [7, 11) is 0. The van der Waals surface area contributed by atoms with Crippen molar-refractivity contribution in [2.24, 2.45) is 11.8 Å². The van der Waals surface area contributed by atoms with E-state index in [1.165, 1.54) is 0 Å². The largest absolute Gasteiger partial charge is 0.481 e. The molecule has 2 aliphatic heterocycles. The molecule has 4 atom stereocenters. The molecule has 2 N–H and O–H groups in total. The fraction of sp³-hybridized carbons (Fsp3) is 0.412. The van der Waals surface area contributed by atoms with Gasteiger partial charge in [-0.1, -0.05) is 44.2 Å². The smallest absolute Gasteiger partial charge is 0.310 e. The number of fused-ring (bicyclic) bond motifs is 2. The molecule has 1 aromatic rings. The summed E-state index contributed by atoms with van der Waals surface area (Å²) in [5.41, 5.74) is 1.76. The van der Waals surface area contributed by atoms with E-state index in [0.29, 0.717) is 0 Å². The quantitative estimate of drug-likeness (QED) is 0.837. The number of nitrogens with one attached hydrogen (secondary N) is 1. The zero-order valence-corrected chi connectivity index (χ0v) is 12.5. The zero-order valence-electron chi connectivity index (χ0n) is 12.5. The Morgan fingerprint density at radius 1 is 1.14 bits per heavy atom. The monoisotopic (exact) mass is 301 g/mol. The van der Waals surface area contributed by atoms with Crippen LogP contribution in [0.25, 0.3) is 0 Å². The van der Waals surface area contributed by atoms with Crippen LogP contribution in [0.1, 0.15) is 25.3 Å². The van der Waals surface area contributed by atoms with Crippen LogP contribution in [0.4, 0.5) is 5.69 Å². The summed E-state index contributed by atoms with van der Waals surface area (Å²) in [6.07, 6.45) is 2.56. The molecule has 0 saturated carbocycles. The summed E-state index contributed by atoms with van der Waals surface area (Å²) in [6.45, 7) is 4.10. The Balaban J connectivity index is 1.83. The summed E-state index contributed by atoms with van der Waals surface area (Å²) >= 11 is 0. The Morgan fingerprint density at radius 3 is 2.41 bits per heavy atom. The highest BCUT2D eigenvalue weighted by Crippen LogP contribution is 2.40. The standard InChI is InChI=1S/C17H19NO4/c1-9(2)10-5-3-4-6-11(10)18-16(19)14-12-7-8-13(22-12)15(14)17(20)21/h3-9,12-15H,1-2H3,(H,18,19)(H,20,21)/t12-,13-,14+,15-/m1/s1. The van der Waals surface area contributed by atoms with Crippen molar-refractivity contribution < 1.29 is 19.4 Å². The van der Waals surface area contributed by atoms with Gasteiger partial charge >= 0.3 is 5.97 Å². The molecular weight excluding hydrogens is 282 g/mol. The number of amides is 1. The average Bonchev–Trinajstić information content (AvgIpc) is 3.08. The Bertz CT molecular complexity index is 637. The van der Waals surface area contributed by atoms with Crippen molar-refractivity contribution in [1.82, 2.24) is 0 Å². The van der Waals surface area contributed by atoms with Crippen LogP contribution in [0, 0.1) is 11.8 Å². The third-order valence-electron chi connectivity index (χ3n) is 4.33. The normalized spacial score (nSPS) is 29.0. The predicted octanol–water partition coefficient (Wildman–Crippen LogP) is 2.40. The molecule has 0 aromatic heterocycles. The van der Waals surface area contributed by atoms with Crippen molar-refractivity contribution in [2.45, 2.75) is 32.0 Å². The summed E-state index contributed by atoms with van der Waals surface area (Å²) in [4.78, 5) is 24.0. The highest BCUT2D eigenvalue weighted by Gasteiger charge is 2.53. The predicted molar refractivity (Wildman–Crippen MR) is 81.6 cm³/mol. The summed E-state index contributed by atoms with van der Waals surface area (Å²) in [5.74, 6) is -2.52. The first-order chi connectivity index (χ1) is 10.5. The van der Waals surface area contributed by atoms with E-state index in [9.17, 15) is 14.7 Å². The van der Waals surface area contributed by atoms with Crippen molar-refractivity contribution in [3.8, 4) is 0 Å². The molecule has 2 aliphatic rings. The van der Waals surface area contributed by atoms with Gasteiger partial charge < -0.3 is 15.2 Å². The number of carboxylic acids is 1. The second kappa shape index (κ2) is 5.57. The van der Waals surface area contributed by atoms with Crippen LogP contribution >= 0.6 is 0 Å².